The topological polar surface area (TPSA) is 102 Å². The second kappa shape index (κ2) is 8.14. The molecule has 3 aliphatic rings. The lowest BCUT2D eigenvalue weighted by Crippen LogP contribution is -2.38. The summed E-state index contributed by atoms with van der Waals surface area (Å²) in [4.78, 5) is 8.00. The largest absolute Gasteiger partial charge is 0.346 e. The lowest BCUT2D eigenvalue weighted by Gasteiger charge is -2.29. The van der Waals surface area contributed by atoms with E-state index in [1.54, 1.807) is 12.1 Å². The molecule has 1 fully saturated rings. The normalized spacial score (nSPS) is 22.9. The number of hydrogen-bond acceptors (Lipinski definition) is 7. The highest BCUT2D eigenvalue weighted by Gasteiger charge is 2.33. The molecule has 0 saturated heterocycles. The van der Waals surface area contributed by atoms with Crippen molar-refractivity contribution in [2.75, 3.05) is 12.8 Å². The zero-order chi connectivity index (χ0) is 21.4. The summed E-state index contributed by atoms with van der Waals surface area (Å²) < 4.78 is 23.1. The number of hydrazine groups is 2. The molecule has 0 spiro atoms. The van der Waals surface area contributed by atoms with Crippen LogP contribution in [0.2, 0.25) is 0 Å². The number of sulfone groups is 1. The second-order valence-electron chi connectivity index (χ2n) is 8.62. The predicted molar refractivity (Wildman–Crippen MR) is 121 cm³/mol. The summed E-state index contributed by atoms with van der Waals surface area (Å²) in [5, 5.41) is 5.52. The number of nitrogens with zero attached hydrogens (tertiary/aromatic N) is 2. The molecule has 4 N–H and O–H groups in total. The van der Waals surface area contributed by atoms with E-state index in [1.165, 1.54) is 30.5 Å². The number of benzene rings is 1. The van der Waals surface area contributed by atoms with Gasteiger partial charge in [0.05, 0.1) is 16.3 Å². The van der Waals surface area contributed by atoms with E-state index < -0.39 is 9.84 Å². The average molecular weight is 441 g/mol. The van der Waals surface area contributed by atoms with Gasteiger partial charge in [-0.1, -0.05) is 12.1 Å². The number of rotatable bonds is 6. The van der Waals surface area contributed by atoms with Gasteiger partial charge in [0.2, 0.25) is 0 Å². The number of aromatic amines is 1. The van der Waals surface area contributed by atoms with Gasteiger partial charge in [-0.2, -0.15) is 0 Å². The Bertz CT molecular complexity index is 1110. The summed E-state index contributed by atoms with van der Waals surface area (Å²) in [5.74, 6) is 2.09. The van der Waals surface area contributed by atoms with Crippen LogP contribution in [0.15, 0.2) is 52.1 Å². The molecule has 1 aliphatic carbocycles. The molecule has 31 heavy (non-hydrogen) atoms. The number of nitrogens with one attached hydrogen (secondary N) is 4. The van der Waals surface area contributed by atoms with Gasteiger partial charge in [-0.3, -0.25) is 0 Å². The number of fused-ring (bicyclic) bond motifs is 3. The van der Waals surface area contributed by atoms with Crippen molar-refractivity contribution in [3.63, 3.8) is 0 Å². The number of aliphatic imine (C=N–C) groups is 1. The maximum absolute atomic E-state index is 11.6. The maximum atomic E-state index is 11.6. The van der Waals surface area contributed by atoms with E-state index in [0.29, 0.717) is 16.7 Å². The first-order valence-corrected chi connectivity index (χ1v) is 12.6. The third-order valence-electron chi connectivity index (χ3n) is 6.46. The van der Waals surface area contributed by atoms with E-state index in [2.05, 4.69) is 32.3 Å². The van der Waals surface area contributed by atoms with E-state index in [-0.39, 0.29) is 0 Å². The summed E-state index contributed by atoms with van der Waals surface area (Å²) >= 11 is 0. The maximum Gasteiger partial charge on any atom is 0.175 e. The molecular formula is C22H28N6O2S. The fraction of sp³-hybridized carbons (Fsp3) is 0.409. The Kier molecular flexibility index (Phi) is 5.33. The van der Waals surface area contributed by atoms with Gasteiger partial charge in [0, 0.05) is 30.5 Å². The van der Waals surface area contributed by atoms with Crippen molar-refractivity contribution in [2.24, 2.45) is 16.8 Å². The zero-order valence-corrected chi connectivity index (χ0v) is 18.4. The van der Waals surface area contributed by atoms with Crippen molar-refractivity contribution in [2.45, 2.75) is 37.1 Å². The summed E-state index contributed by atoms with van der Waals surface area (Å²) in [6.07, 6.45) is 9.69. The van der Waals surface area contributed by atoms with Crippen LogP contribution in [-0.2, 0) is 16.4 Å². The first-order valence-electron chi connectivity index (χ1n) is 10.8. The highest BCUT2D eigenvalue weighted by atomic mass is 32.2. The summed E-state index contributed by atoms with van der Waals surface area (Å²) in [6.45, 7) is 1.74. The lowest BCUT2D eigenvalue weighted by molar-refractivity contribution is 0.282. The van der Waals surface area contributed by atoms with E-state index in [0.717, 1.165) is 42.9 Å². The third-order valence-corrected chi connectivity index (χ3v) is 7.59. The Balaban J connectivity index is 1.14. The first-order chi connectivity index (χ1) is 15.0. The molecule has 2 aromatic rings. The molecular weight excluding hydrogens is 412 g/mol. The minimum Gasteiger partial charge on any atom is -0.346 e. The van der Waals surface area contributed by atoms with Gasteiger partial charge in [0.25, 0.3) is 0 Å². The lowest BCUT2D eigenvalue weighted by atomic mass is 9.79. The molecule has 0 bridgehead atoms. The number of hydrogen-bond donors (Lipinski definition) is 4. The minimum absolute atomic E-state index is 0.370. The number of aromatic nitrogens is 1. The molecule has 0 radical (unpaired) electrons. The van der Waals surface area contributed by atoms with E-state index in [9.17, 15) is 8.42 Å². The van der Waals surface area contributed by atoms with E-state index in [1.807, 2.05) is 29.7 Å². The van der Waals surface area contributed by atoms with Crippen LogP contribution in [0.3, 0.4) is 0 Å². The van der Waals surface area contributed by atoms with E-state index >= 15 is 0 Å². The minimum atomic E-state index is -3.14. The average Bonchev–Trinajstić information content (AvgIpc) is 3.40. The molecule has 1 aromatic carbocycles. The molecule has 1 aromatic heterocycles. The SMILES string of the molecule is CS(=O)(=O)c1ccc(CNC[C@H]2CC[C@H](C3=C4c5cc[nH]c5N=CN4NN3)CC2)cc1. The Morgan fingerprint density at radius 2 is 1.90 bits per heavy atom. The van der Waals surface area contributed by atoms with Crippen LogP contribution in [0, 0.1) is 11.8 Å². The molecule has 0 amide bonds. The van der Waals surface area contributed by atoms with Crippen molar-refractivity contribution in [3.8, 4) is 0 Å². The van der Waals surface area contributed by atoms with Crippen LogP contribution in [0.1, 0.15) is 36.8 Å². The highest BCUT2D eigenvalue weighted by molar-refractivity contribution is 7.90. The molecule has 5 rings (SSSR count). The molecule has 0 unspecified atom stereocenters. The van der Waals surface area contributed by atoms with Crippen LogP contribution >= 0.6 is 0 Å². The van der Waals surface area contributed by atoms with E-state index in [4.69, 9.17) is 0 Å². The van der Waals surface area contributed by atoms with Crippen molar-refractivity contribution < 1.29 is 8.42 Å². The Labute approximate surface area is 182 Å². The third kappa shape index (κ3) is 4.13. The highest BCUT2D eigenvalue weighted by Crippen LogP contribution is 2.40. The standard InChI is InChI=1S/C22H28N6O2S/c1-31(29,30)18-8-4-16(5-9-18)13-23-12-15-2-6-17(7-3-15)20-21-19-10-11-24-22(19)25-14-28(21)27-26-20/h4-5,8-11,14-15,17,23-24,26-27H,2-3,6-7,12-13H2,1H3/t15-,17-. The monoisotopic (exact) mass is 440 g/mol. The van der Waals surface area contributed by atoms with Crippen LogP contribution in [0.5, 0.6) is 0 Å². The first kappa shape index (κ1) is 20.3. The Hall–Kier alpha value is -2.62. The molecule has 2 aliphatic heterocycles. The van der Waals surface area contributed by atoms with Crippen LogP contribution in [-0.4, -0.2) is 37.5 Å². The van der Waals surface area contributed by atoms with Crippen LogP contribution < -0.4 is 16.3 Å². The van der Waals surface area contributed by atoms with Gasteiger partial charge in [-0.15, -0.1) is 5.53 Å². The second-order valence-corrected chi connectivity index (χ2v) is 10.6. The van der Waals surface area contributed by atoms with Crippen LogP contribution in [0.25, 0.3) is 5.70 Å². The van der Waals surface area contributed by atoms with Crippen molar-refractivity contribution >= 4 is 27.7 Å². The molecule has 9 heteroatoms. The molecule has 8 nitrogen and oxygen atoms in total. The Morgan fingerprint density at radius 1 is 1.13 bits per heavy atom. The summed E-state index contributed by atoms with van der Waals surface area (Å²) in [7, 11) is -3.14. The molecule has 1 saturated carbocycles. The summed E-state index contributed by atoms with van der Waals surface area (Å²) in [5.41, 5.74) is 11.3. The van der Waals surface area contributed by atoms with Gasteiger partial charge in [-0.25, -0.2) is 18.4 Å². The van der Waals surface area contributed by atoms with Gasteiger partial charge in [0.1, 0.15) is 12.2 Å². The fourth-order valence-electron chi connectivity index (χ4n) is 4.73. The number of allylic oxidation sites excluding steroid dienone is 1. The van der Waals surface area contributed by atoms with Gasteiger partial charge in [0.15, 0.2) is 9.84 Å². The molecule has 3 heterocycles. The summed E-state index contributed by atoms with van der Waals surface area (Å²) in [6, 6.07) is 9.23. The van der Waals surface area contributed by atoms with Crippen molar-refractivity contribution in [3.05, 3.63) is 53.4 Å². The quantitative estimate of drug-likeness (QED) is 0.551. The zero-order valence-electron chi connectivity index (χ0n) is 17.6. The van der Waals surface area contributed by atoms with Crippen molar-refractivity contribution in [1.82, 2.24) is 26.3 Å². The van der Waals surface area contributed by atoms with Crippen molar-refractivity contribution in [1.29, 1.82) is 0 Å². The number of H-pyrrole nitrogens is 1. The smallest absolute Gasteiger partial charge is 0.175 e. The fourth-order valence-corrected chi connectivity index (χ4v) is 5.36. The van der Waals surface area contributed by atoms with Gasteiger partial charge >= 0.3 is 0 Å². The van der Waals surface area contributed by atoms with Gasteiger partial charge in [-0.05, 0) is 61.9 Å². The molecule has 164 valence electrons. The molecule has 0 atom stereocenters. The predicted octanol–water partition coefficient (Wildman–Crippen LogP) is 2.68. The van der Waals surface area contributed by atoms with Gasteiger partial charge < -0.3 is 15.7 Å². The van der Waals surface area contributed by atoms with Crippen LogP contribution in [0.4, 0.5) is 5.82 Å². The Morgan fingerprint density at radius 3 is 2.65 bits per heavy atom.